The summed E-state index contributed by atoms with van der Waals surface area (Å²) in [6.07, 6.45) is 3.66. The highest BCUT2D eigenvalue weighted by Crippen LogP contribution is 2.41. The van der Waals surface area contributed by atoms with Gasteiger partial charge in [-0.25, -0.2) is 14.4 Å². The maximum atomic E-state index is 13.3. The quantitative estimate of drug-likeness (QED) is 0.680. The lowest BCUT2D eigenvalue weighted by atomic mass is 9.74. The summed E-state index contributed by atoms with van der Waals surface area (Å²) in [7, 11) is 0. The molecule has 31 heavy (non-hydrogen) atoms. The monoisotopic (exact) mass is 420 g/mol. The van der Waals surface area contributed by atoms with Crippen LogP contribution in [0.5, 0.6) is 0 Å². The molecule has 3 saturated heterocycles. The first kappa shape index (κ1) is 19.9. The molecule has 3 aliphatic heterocycles. The number of nitrogens with one attached hydrogen (secondary N) is 1. The molecule has 0 spiro atoms. The molecule has 2 aromatic heterocycles. The molecule has 0 radical (unpaired) electrons. The highest BCUT2D eigenvalue weighted by Gasteiger charge is 2.41. The number of hydrogen-bond acceptors (Lipinski definition) is 5. The first-order valence-corrected chi connectivity index (χ1v) is 10.7. The summed E-state index contributed by atoms with van der Waals surface area (Å²) < 4.78 is 18.5. The summed E-state index contributed by atoms with van der Waals surface area (Å²) in [5.41, 5.74) is 2.79. The average Bonchev–Trinajstić information content (AvgIpc) is 3.33. The summed E-state index contributed by atoms with van der Waals surface area (Å²) in [6, 6.07) is 12.2. The number of furan rings is 1. The number of fused-ring (bicyclic) bond motifs is 3. The number of carbonyl (C=O) groups excluding carboxylic acids is 1. The molecule has 160 valence electrons. The van der Waals surface area contributed by atoms with E-state index in [1.54, 1.807) is 24.3 Å². The van der Waals surface area contributed by atoms with Gasteiger partial charge in [0.2, 0.25) is 0 Å². The molecule has 0 aliphatic carbocycles. The van der Waals surface area contributed by atoms with Crippen LogP contribution in [0.25, 0.3) is 11.3 Å². The van der Waals surface area contributed by atoms with Crippen molar-refractivity contribution in [2.75, 3.05) is 19.6 Å². The molecule has 2 bridgehead atoms. The first-order chi connectivity index (χ1) is 15.1. The Morgan fingerprint density at radius 2 is 2.10 bits per heavy atom. The van der Waals surface area contributed by atoms with Crippen LogP contribution in [0.4, 0.5) is 4.39 Å². The second-order valence-corrected chi connectivity index (χ2v) is 8.46. The Balaban J connectivity index is 1.30. The number of aryl methyl sites for hydroxylation is 1. The van der Waals surface area contributed by atoms with E-state index in [-0.39, 0.29) is 11.7 Å². The van der Waals surface area contributed by atoms with E-state index in [4.69, 9.17) is 9.40 Å². The van der Waals surface area contributed by atoms with Gasteiger partial charge in [-0.05, 0) is 74.7 Å². The summed E-state index contributed by atoms with van der Waals surface area (Å²) in [5, 5.41) is 3.01. The van der Waals surface area contributed by atoms with Gasteiger partial charge in [0.1, 0.15) is 11.6 Å². The van der Waals surface area contributed by atoms with E-state index in [9.17, 15) is 9.18 Å². The number of halogens is 1. The number of hydrogen-bond donors (Lipinski definition) is 1. The van der Waals surface area contributed by atoms with Crippen LogP contribution in [0.3, 0.4) is 0 Å². The van der Waals surface area contributed by atoms with E-state index in [1.807, 2.05) is 6.92 Å². The molecular weight excluding hydrogens is 395 g/mol. The van der Waals surface area contributed by atoms with Gasteiger partial charge in [0, 0.05) is 36.3 Å². The number of nitrogens with zero attached hydrogens (tertiary/aromatic N) is 3. The zero-order valence-corrected chi connectivity index (χ0v) is 17.4. The Morgan fingerprint density at radius 3 is 2.81 bits per heavy atom. The van der Waals surface area contributed by atoms with Crippen molar-refractivity contribution < 1.29 is 13.6 Å². The Bertz CT molecular complexity index is 1070. The molecule has 6 rings (SSSR count). The molecule has 3 fully saturated rings. The fourth-order valence-corrected chi connectivity index (χ4v) is 4.94. The third-order valence-electron chi connectivity index (χ3n) is 6.50. The van der Waals surface area contributed by atoms with Gasteiger partial charge in [-0.3, -0.25) is 9.69 Å². The average molecular weight is 420 g/mol. The zero-order valence-electron chi connectivity index (χ0n) is 17.4. The zero-order chi connectivity index (χ0) is 21.4. The number of piperidine rings is 3. The first-order valence-electron chi connectivity index (χ1n) is 10.7. The van der Waals surface area contributed by atoms with Gasteiger partial charge < -0.3 is 9.73 Å². The van der Waals surface area contributed by atoms with Crippen LogP contribution in [0, 0.1) is 18.7 Å². The van der Waals surface area contributed by atoms with Crippen LogP contribution >= 0.6 is 0 Å². The van der Waals surface area contributed by atoms with Gasteiger partial charge >= 0.3 is 0 Å². The van der Waals surface area contributed by atoms with Crippen molar-refractivity contribution in [2.45, 2.75) is 31.7 Å². The summed E-state index contributed by atoms with van der Waals surface area (Å²) in [4.78, 5) is 24.0. The molecule has 1 amide bonds. The Kier molecular flexibility index (Phi) is 5.28. The maximum Gasteiger partial charge on any atom is 0.287 e. The molecule has 3 aliphatic rings. The number of carbonyl (C=O) groups is 1. The van der Waals surface area contributed by atoms with Crippen LogP contribution in [0.15, 0.2) is 53.1 Å². The normalized spacial score (nSPS) is 24.8. The van der Waals surface area contributed by atoms with Gasteiger partial charge in [0.25, 0.3) is 5.91 Å². The molecule has 4 atom stereocenters. The van der Waals surface area contributed by atoms with Crippen LogP contribution < -0.4 is 5.32 Å². The molecule has 1 N–H and O–H groups in total. The second kappa shape index (κ2) is 8.23. The Labute approximate surface area is 180 Å². The van der Waals surface area contributed by atoms with Gasteiger partial charge in [0.05, 0.1) is 12.0 Å². The molecule has 3 aromatic rings. The predicted octanol–water partition coefficient (Wildman–Crippen LogP) is 3.79. The highest BCUT2D eigenvalue weighted by atomic mass is 19.1. The van der Waals surface area contributed by atoms with Crippen molar-refractivity contribution in [3.8, 4) is 11.3 Å². The standard InChI is InChI=1S/C24H25FN4O2/c1-15-27-21(16-4-6-18(25)7-5-16)12-22(28-15)20-14-29-9-8-17(20)11-19(29)13-26-24(30)23-3-2-10-31-23/h2-7,10,12,17,19-20H,8-9,11,13-14H2,1H3,(H,26,30). The number of rotatable bonds is 5. The summed E-state index contributed by atoms with van der Waals surface area (Å²) in [5.74, 6) is 1.52. The molecule has 7 heteroatoms. The molecule has 4 unspecified atom stereocenters. The molecular formula is C24H25FN4O2. The van der Waals surface area contributed by atoms with E-state index >= 15 is 0 Å². The maximum absolute atomic E-state index is 13.3. The van der Waals surface area contributed by atoms with E-state index in [0.717, 1.165) is 48.7 Å². The van der Waals surface area contributed by atoms with E-state index in [1.165, 1.54) is 18.4 Å². The fraction of sp³-hybridized carbons (Fsp3) is 0.375. The SMILES string of the molecule is Cc1nc(-c2ccc(F)cc2)cc(C2CN3CCC2CC3CNC(=O)c2ccco2)n1. The Hall–Kier alpha value is -3.06. The number of benzene rings is 1. The summed E-state index contributed by atoms with van der Waals surface area (Å²) >= 11 is 0. The topological polar surface area (TPSA) is 71.3 Å². The van der Waals surface area contributed by atoms with Crippen LogP contribution in [0.1, 0.15) is 40.8 Å². The van der Waals surface area contributed by atoms with Crippen molar-refractivity contribution in [3.05, 3.63) is 71.8 Å². The molecule has 6 nitrogen and oxygen atoms in total. The lowest BCUT2D eigenvalue weighted by Crippen LogP contribution is -2.56. The fourth-order valence-electron chi connectivity index (χ4n) is 4.94. The van der Waals surface area contributed by atoms with Gasteiger partial charge in [-0.1, -0.05) is 0 Å². The van der Waals surface area contributed by atoms with Gasteiger partial charge in [-0.2, -0.15) is 0 Å². The van der Waals surface area contributed by atoms with Crippen molar-refractivity contribution >= 4 is 5.91 Å². The van der Waals surface area contributed by atoms with Crippen molar-refractivity contribution in [3.63, 3.8) is 0 Å². The Morgan fingerprint density at radius 1 is 1.26 bits per heavy atom. The van der Waals surface area contributed by atoms with E-state index in [2.05, 4.69) is 21.3 Å². The minimum atomic E-state index is -0.252. The molecule has 0 saturated carbocycles. The third-order valence-corrected chi connectivity index (χ3v) is 6.50. The predicted molar refractivity (Wildman–Crippen MR) is 114 cm³/mol. The largest absolute Gasteiger partial charge is 0.459 e. The van der Waals surface area contributed by atoms with E-state index in [0.29, 0.717) is 30.2 Å². The third kappa shape index (κ3) is 4.10. The number of amides is 1. The van der Waals surface area contributed by atoms with Crippen LogP contribution in [-0.4, -0.2) is 46.5 Å². The number of aromatic nitrogens is 2. The lowest BCUT2D eigenvalue weighted by Gasteiger charge is -2.49. The molecule has 1 aromatic carbocycles. The van der Waals surface area contributed by atoms with Gasteiger partial charge in [0.15, 0.2) is 5.76 Å². The van der Waals surface area contributed by atoms with Crippen molar-refractivity contribution in [1.29, 1.82) is 0 Å². The smallest absolute Gasteiger partial charge is 0.287 e. The highest BCUT2D eigenvalue weighted by molar-refractivity contribution is 5.91. The minimum Gasteiger partial charge on any atom is -0.459 e. The van der Waals surface area contributed by atoms with Crippen molar-refractivity contribution in [2.24, 2.45) is 5.92 Å². The molecule has 5 heterocycles. The van der Waals surface area contributed by atoms with Crippen molar-refractivity contribution in [1.82, 2.24) is 20.2 Å². The van der Waals surface area contributed by atoms with Crippen LogP contribution in [0.2, 0.25) is 0 Å². The van der Waals surface area contributed by atoms with E-state index < -0.39 is 0 Å². The van der Waals surface area contributed by atoms with Crippen LogP contribution in [-0.2, 0) is 0 Å². The lowest BCUT2D eigenvalue weighted by molar-refractivity contribution is 0.0288. The summed E-state index contributed by atoms with van der Waals surface area (Å²) in [6.45, 7) is 4.49. The second-order valence-electron chi connectivity index (χ2n) is 8.46. The minimum absolute atomic E-state index is 0.167. The van der Waals surface area contributed by atoms with Gasteiger partial charge in [-0.15, -0.1) is 0 Å².